The molecule has 0 amide bonds. The smallest absolute Gasteiger partial charge is 0.317 e. The fourth-order valence-corrected chi connectivity index (χ4v) is 8.53. The number of ketones is 1. The maximum Gasteiger partial charge on any atom is 0.317 e. The lowest BCUT2D eigenvalue weighted by molar-refractivity contribution is -0.145. The van der Waals surface area contributed by atoms with Gasteiger partial charge in [0, 0.05) is 11.1 Å². The molecule has 11 nitrogen and oxygen atoms in total. The predicted octanol–water partition coefficient (Wildman–Crippen LogP) is 7.79. The number of benzene rings is 4. The Kier molecular flexibility index (Phi) is 16.6. The lowest BCUT2D eigenvalue weighted by atomic mass is 9.90. The third-order valence-electron chi connectivity index (χ3n) is 7.14. The minimum Gasteiger partial charge on any atom is -0.507 e. The van der Waals surface area contributed by atoms with Crippen LogP contribution in [-0.2, 0) is 25.5 Å². The van der Waals surface area contributed by atoms with Crippen LogP contribution in [0.5, 0.6) is 23.0 Å². The number of esters is 1. The van der Waals surface area contributed by atoms with Crippen LogP contribution in [-0.4, -0.2) is 63.8 Å². The Hall–Kier alpha value is -2.76. The molecule has 4 aromatic carbocycles. The van der Waals surface area contributed by atoms with E-state index < -0.39 is 17.9 Å². The number of hydrogen-bond donors (Lipinski definition) is 5. The average molecular weight is 1150 g/mol. The normalized spacial score (nSPS) is 11.2. The molecule has 1 unspecified atom stereocenters. The summed E-state index contributed by atoms with van der Waals surface area (Å²) < 4.78 is 14.7. The summed E-state index contributed by atoms with van der Waals surface area (Å²) in [5.74, 6) is -1.54. The molecule has 0 heterocycles. The van der Waals surface area contributed by atoms with E-state index >= 15 is 0 Å². The van der Waals surface area contributed by atoms with Crippen molar-refractivity contribution in [1.82, 2.24) is 5.32 Å². The van der Waals surface area contributed by atoms with E-state index in [9.17, 15) is 29.4 Å². The summed E-state index contributed by atoms with van der Waals surface area (Å²) >= 11 is 8.54. The molecule has 0 saturated carbocycles. The second-order valence-electron chi connectivity index (χ2n) is 11.0. The summed E-state index contributed by atoms with van der Waals surface area (Å²) in [5, 5.41) is 38.4. The fraction of sp³-hybridized carbons (Fsp3) is 0.222. The first kappa shape index (κ1) is 42.7. The van der Waals surface area contributed by atoms with Gasteiger partial charge in [-0.2, -0.15) is 0 Å². The quantitative estimate of drug-likeness (QED) is 0.0502. The highest BCUT2D eigenvalue weighted by Gasteiger charge is 2.26. The summed E-state index contributed by atoms with van der Waals surface area (Å²) in [4.78, 5) is 46.0. The standard InChI is InChI=1S/C32H26I4O6.C4H7NO4/c1-4-41-32(40)23(11-18-6-5-7-19(10-18)29(38)21-8-16(2)28(37)17(3)9-21)20-12-26(35)31(27(36)13-20)42-22-14-24(33)30(39)25(34)15-22;6-3(7)1-5-2-4(8)9/h5-10,12-15,23,37,39H,4,11H2,1-3H3;5H,1-2H2,(H,6,7)(H,8,9). The van der Waals surface area contributed by atoms with Gasteiger partial charge >= 0.3 is 17.9 Å². The van der Waals surface area contributed by atoms with E-state index in [0.29, 0.717) is 47.3 Å². The van der Waals surface area contributed by atoms with E-state index in [-0.39, 0.29) is 42.9 Å². The molecule has 0 aromatic heterocycles. The number of halogens is 4. The van der Waals surface area contributed by atoms with Crippen LogP contribution >= 0.6 is 90.4 Å². The number of carboxylic acid groups (broad SMARTS) is 2. The zero-order valence-corrected chi connectivity index (χ0v) is 36.1. The molecule has 5 N–H and O–H groups in total. The van der Waals surface area contributed by atoms with Crippen LogP contribution in [0.15, 0.2) is 60.7 Å². The maximum atomic E-state index is 13.3. The van der Waals surface area contributed by atoms with E-state index in [2.05, 4.69) is 95.7 Å². The van der Waals surface area contributed by atoms with Crippen molar-refractivity contribution in [2.45, 2.75) is 33.1 Å². The Bertz CT molecular complexity index is 1870. The number of carboxylic acids is 2. The summed E-state index contributed by atoms with van der Waals surface area (Å²) in [7, 11) is 0. The summed E-state index contributed by atoms with van der Waals surface area (Å²) in [6.07, 6.45) is 0.342. The minimum absolute atomic E-state index is 0.153. The highest BCUT2D eigenvalue weighted by atomic mass is 127. The second kappa shape index (κ2) is 19.9. The van der Waals surface area contributed by atoms with Crippen molar-refractivity contribution < 1.29 is 49.1 Å². The zero-order chi connectivity index (χ0) is 38.0. The van der Waals surface area contributed by atoms with Crippen molar-refractivity contribution in [2.24, 2.45) is 0 Å². The van der Waals surface area contributed by atoms with Gasteiger partial charge in [0.05, 0.1) is 39.9 Å². The van der Waals surface area contributed by atoms with Crippen molar-refractivity contribution in [1.29, 1.82) is 0 Å². The molecular weight excluding hydrogens is 1110 g/mol. The van der Waals surface area contributed by atoms with E-state index in [1.54, 1.807) is 51.1 Å². The Balaban J connectivity index is 0.000000688. The minimum atomic E-state index is -1.06. The Morgan fingerprint density at radius 1 is 0.745 bits per heavy atom. The molecule has 0 aliphatic heterocycles. The van der Waals surface area contributed by atoms with Crippen LogP contribution in [0.4, 0.5) is 0 Å². The molecule has 0 saturated heterocycles. The number of nitrogens with one attached hydrogen (secondary N) is 1. The fourth-order valence-electron chi connectivity index (χ4n) is 4.78. The molecule has 0 fully saturated rings. The van der Waals surface area contributed by atoms with Gasteiger partial charge in [0.25, 0.3) is 0 Å². The summed E-state index contributed by atoms with van der Waals surface area (Å²) in [6.45, 7) is 4.94. The van der Waals surface area contributed by atoms with Crippen molar-refractivity contribution in [3.05, 3.63) is 108 Å². The topological polar surface area (TPSA) is 180 Å². The number of aliphatic carboxylic acids is 2. The van der Waals surface area contributed by atoms with Gasteiger partial charge < -0.3 is 29.9 Å². The number of phenols is 2. The van der Waals surface area contributed by atoms with Gasteiger partial charge in [0.2, 0.25) is 0 Å². The average Bonchev–Trinajstić information content (AvgIpc) is 3.06. The van der Waals surface area contributed by atoms with Gasteiger partial charge in [-0.1, -0.05) is 18.2 Å². The van der Waals surface area contributed by atoms with Gasteiger partial charge in [-0.05, 0) is 182 Å². The first-order valence-corrected chi connectivity index (χ1v) is 19.4. The Labute approximate surface area is 349 Å². The number of aromatic hydroxyl groups is 2. The number of carbonyl (C=O) groups is 4. The number of aryl methyl sites for hydroxylation is 2. The lowest BCUT2D eigenvalue weighted by Crippen LogP contribution is -2.27. The highest BCUT2D eigenvalue weighted by Crippen LogP contribution is 2.38. The van der Waals surface area contributed by atoms with Crippen molar-refractivity contribution in [2.75, 3.05) is 19.7 Å². The van der Waals surface area contributed by atoms with Gasteiger partial charge in [-0.3, -0.25) is 24.5 Å². The Morgan fingerprint density at radius 2 is 1.29 bits per heavy atom. The number of rotatable bonds is 13. The first-order valence-electron chi connectivity index (χ1n) is 15.1. The monoisotopic (exact) mass is 1150 g/mol. The van der Waals surface area contributed by atoms with Crippen LogP contribution in [0, 0.1) is 28.1 Å². The third kappa shape index (κ3) is 12.4. The molecule has 1 atom stereocenters. The molecule has 51 heavy (non-hydrogen) atoms. The van der Waals surface area contributed by atoms with Crippen LogP contribution in [0.1, 0.15) is 51.0 Å². The van der Waals surface area contributed by atoms with Crippen LogP contribution in [0.3, 0.4) is 0 Å². The maximum absolute atomic E-state index is 13.3. The predicted molar refractivity (Wildman–Crippen MR) is 224 cm³/mol. The first-order chi connectivity index (χ1) is 24.0. The lowest BCUT2D eigenvalue weighted by Gasteiger charge is -2.19. The van der Waals surface area contributed by atoms with E-state index in [4.69, 9.17) is 19.7 Å². The number of carbonyl (C=O) groups excluding carboxylic acids is 2. The summed E-state index contributed by atoms with van der Waals surface area (Å²) in [6, 6.07) is 18.1. The van der Waals surface area contributed by atoms with Gasteiger partial charge in [0.1, 0.15) is 17.2 Å². The molecule has 4 aromatic rings. The van der Waals surface area contributed by atoms with Gasteiger partial charge in [-0.25, -0.2) is 0 Å². The van der Waals surface area contributed by atoms with Crippen molar-refractivity contribution in [3.63, 3.8) is 0 Å². The summed E-state index contributed by atoms with van der Waals surface area (Å²) in [5.41, 5.74) is 3.90. The van der Waals surface area contributed by atoms with Crippen LogP contribution < -0.4 is 10.1 Å². The molecule has 0 spiro atoms. The van der Waals surface area contributed by atoms with Gasteiger partial charge in [0.15, 0.2) is 11.5 Å². The molecule has 270 valence electrons. The third-order valence-corrected chi connectivity index (χ3v) is 10.4. The molecular formula is C36H33I4NO10. The molecule has 4 rings (SSSR count). The number of hydrogen-bond acceptors (Lipinski definition) is 9. The highest BCUT2D eigenvalue weighted by molar-refractivity contribution is 14.1. The molecule has 15 heteroatoms. The largest absolute Gasteiger partial charge is 0.507 e. The van der Waals surface area contributed by atoms with Crippen molar-refractivity contribution in [3.8, 4) is 23.0 Å². The molecule has 0 aliphatic rings. The van der Waals surface area contributed by atoms with E-state index in [0.717, 1.165) is 18.3 Å². The molecule has 0 radical (unpaired) electrons. The van der Waals surface area contributed by atoms with E-state index in [1.807, 2.05) is 30.3 Å². The Morgan fingerprint density at radius 3 is 1.80 bits per heavy atom. The van der Waals surface area contributed by atoms with Crippen LogP contribution in [0.25, 0.3) is 0 Å². The SMILES string of the molecule is CCOC(=O)C(Cc1cccc(C(=O)c2cc(C)c(O)c(C)c2)c1)c1cc(I)c(Oc2cc(I)c(O)c(I)c2)c(I)c1.O=C(O)CNCC(=O)O. The molecule has 0 bridgehead atoms. The van der Waals surface area contributed by atoms with Crippen molar-refractivity contribution >= 4 is 114 Å². The van der Waals surface area contributed by atoms with Gasteiger partial charge in [-0.15, -0.1) is 0 Å². The van der Waals surface area contributed by atoms with E-state index in [1.165, 1.54) is 0 Å². The van der Waals surface area contributed by atoms with Crippen LogP contribution in [0.2, 0.25) is 0 Å². The zero-order valence-electron chi connectivity index (χ0n) is 27.4. The molecule has 0 aliphatic carbocycles. The second-order valence-corrected chi connectivity index (χ2v) is 15.7. The number of ether oxygens (including phenoxy) is 2. The number of phenolic OH excluding ortho intramolecular Hbond substituents is 2.